The van der Waals surface area contributed by atoms with E-state index < -0.39 is 0 Å². The largest absolute Gasteiger partial charge is 0.342 e. The first-order valence-electron chi connectivity index (χ1n) is 8.88. The summed E-state index contributed by atoms with van der Waals surface area (Å²) < 4.78 is 0. The van der Waals surface area contributed by atoms with E-state index in [1.165, 1.54) is 28.7 Å². The van der Waals surface area contributed by atoms with Crippen molar-refractivity contribution in [1.29, 1.82) is 0 Å². The predicted molar refractivity (Wildman–Crippen MR) is 99.8 cm³/mol. The molecule has 2 aliphatic rings. The van der Waals surface area contributed by atoms with Gasteiger partial charge in [-0.05, 0) is 50.0 Å². The van der Waals surface area contributed by atoms with Gasteiger partial charge in [0.25, 0.3) is 0 Å². The highest BCUT2D eigenvalue weighted by Crippen LogP contribution is 2.40. The fraction of sp³-hybridized carbons (Fsp3) is 0.611. The number of likely N-dealkylation sites (tertiary alicyclic amines) is 1. The molecule has 0 bridgehead atoms. The van der Waals surface area contributed by atoms with Crippen molar-refractivity contribution in [3.63, 3.8) is 0 Å². The van der Waals surface area contributed by atoms with Crippen molar-refractivity contribution in [2.24, 2.45) is 5.92 Å². The van der Waals surface area contributed by atoms with Gasteiger partial charge in [0.1, 0.15) is 16.2 Å². The SMILES string of the molecule is CC1CCc2c(sc3ncnc(SCC(=O)N4CCCCC4)c23)C1. The highest BCUT2D eigenvalue weighted by molar-refractivity contribution is 8.00. The maximum atomic E-state index is 12.4. The zero-order valence-electron chi connectivity index (χ0n) is 14.1. The van der Waals surface area contributed by atoms with Crippen LogP contribution in [0.5, 0.6) is 0 Å². The number of aryl methyl sites for hydroxylation is 1. The van der Waals surface area contributed by atoms with E-state index in [2.05, 4.69) is 16.9 Å². The van der Waals surface area contributed by atoms with Gasteiger partial charge in [-0.3, -0.25) is 4.79 Å². The first-order chi connectivity index (χ1) is 11.7. The highest BCUT2D eigenvalue weighted by atomic mass is 32.2. The number of carbonyl (C=O) groups excluding carboxylic acids is 1. The van der Waals surface area contributed by atoms with Gasteiger partial charge in [0, 0.05) is 23.4 Å². The number of thioether (sulfide) groups is 1. The van der Waals surface area contributed by atoms with Crippen LogP contribution in [-0.4, -0.2) is 39.6 Å². The van der Waals surface area contributed by atoms with Crippen LogP contribution < -0.4 is 0 Å². The molecule has 128 valence electrons. The first kappa shape index (κ1) is 16.3. The topological polar surface area (TPSA) is 46.1 Å². The monoisotopic (exact) mass is 361 g/mol. The third-order valence-electron chi connectivity index (χ3n) is 5.10. The summed E-state index contributed by atoms with van der Waals surface area (Å²) in [4.78, 5) is 26.0. The Labute approximate surface area is 151 Å². The Morgan fingerprint density at radius 2 is 2.17 bits per heavy atom. The summed E-state index contributed by atoms with van der Waals surface area (Å²) in [6, 6.07) is 0. The molecule has 24 heavy (non-hydrogen) atoms. The quantitative estimate of drug-likeness (QED) is 0.614. The van der Waals surface area contributed by atoms with E-state index in [1.54, 1.807) is 18.1 Å². The molecular formula is C18H23N3OS2. The highest BCUT2D eigenvalue weighted by Gasteiger charge is 2.24. The van der Waals surface area contributed by atoms with Crippen molar-refractivity contribution in [2.45, 2.75) is 50.5 Å². The van der Waals surface area contributed by atoms with E-state index in [0.717, 1.165) is 54.5 Å². The molecule has 0 aromatic carbocycles. The number of fused-ring (bicyclic) bond motifs is 3. The maximum absolute atomic E-state index is 12.4. The molecule has 0 radical (unpaired) electrons. The number of rotatable bonds is 3. The Bertz CT molecular complexity index is 752. The second-order valence-electron chi connectivity index (χ2n) is 6.94. The van der Waals surface area contributed by atoms with Gasteiger partial charge in [-0.25, -0.2) is 9.97 Å². The summed E-state index contributed by atoms with van der Waals surface area (Å²) >= 11 is 3.41. The minimum atomic E-state index is 0.254. The number of carbonyl (C=O) groups is 1. The Morgan fingerprint density at radius 3 is 3.00 bits per heavy atom. The van der Waals surface area contributed by atoms with E-state index >= 15 is 0 Å². The van der Waals surface area contributed by atoms with Crippen LogP contribution in [0, 0.1) is 5.92 Å². The van der Waals surface area contributed by atoms with Crippen molar-refractivity contribution < 1.29 is 4.79 Å². The third-order valence-corrected chi connectivity index (χ3v) is 7.23. The Kier molecular flexibility index (Phi) is 4.77. The van der Waals surface area contributed by atoms with Gasteiger partial charge in [-0.2, -0.15) is 0 Å². The molecule has 2 aromatic heterocycles. The third kappa shape index (κ3) is 3.18. The summed E-state index contributed by atoms with van der Waals surface area (Å²) in [5, 5.41) is 2.22. The lowest BCUT2D eigenvalue weighted by molar-refractivity contribution is -0.129. The first-order valence-corrected chi connectivity index (χ1v) is 10.7. The molecule has 0 N–H and O–H groups in total. The van der Waals surface area contributed by atoms with Gasteiger partial charge >= 0.3 is 0 Å². The van der Waals surface area contributed by atoms with Gasteiger partial charge in [0.05, 0.1) is 5.75 Å². The lowest BCUT2D eigenvalue weighted by atomic mass is 9.89. The van der Waals surface area contributed by atoms with Crippen LogP contribution in [0.25, 0.3) is 10.2 Å². The van der Waals surface area contributed by atoms with Crippen molar-refractivity contribution in [2.75, 3.05) is 18.8 Å². The normalized spacial score (nSPS) is 21.0. The molecule has 1 saturated heterocycles. The summed E-state index contributed by atoms with van der Waals surface area (Å²) in [5.41, 5.74) is 1.45. The van der Waals surface area contributed by atoms with E-state index in [1.807, 2.05) is 16.2 Å². The molecule has 6 heteroatoms. The van der Waals surface area contributed by atoms with Gasteiger partial charge in [-0.15, -0.1) is 11.3 Å². The van der Waals surface area contributed by atoms with Gasteiger partial charge in [0.2, 0.25) is 5.91 Å². The summed E-state index contributed by atoms with van der Waals surface area (Å²) in [6.45, 7) is 4.17. The molecule has 1 atom stereocenters. The van der Waals surface area contributed by atoms with Crippen LogP contribution in [0.15, 0.2) is 11.4 Å². The number of amides is 1. The fourth-order valence-corrected chi connectivity index (χ4v) is 6.06. The molecular weight excluding hydrogens is 338 g/mol. The lowest BCUT2D eigenvalue weighted by Crippen LogP contribution is -2.36. The van der Waals surface area contributed by atoms with Crippen LogP contribution in [0.1, 0.15) is 43.0 Å². The van der Waals surface area contributed by atoms with Crippen LogP contribution in [0.3, 0.4) is 0 Å². The molecule has 1 unspecified atom stereocenters. The number of thiophene rings is 1. The standard InChI is InChI=1S/C18H23N3OS2/c1-12-5-6-13-14(9-12)24-18-16(13)17(19-11-20-18)23-10-15(22)21-7-3-2-4-8-21/h11-12H,2-10H2,1H3. The van der Waals surface area contributed by atoms with Crippen LogP contribution in [0.4, 0.5) is 0 Å². The average molecular weight is 362 g/mol. The number of hydrogen-bond acceptors (Lipinski definition) is 5. The lowest BCUT2D eigenvalue weighted by Gasteiger charge is -2.26. The van der Waals surface area contributed by atoms with Gasteiger partial charge < -0.3 is 4.90 Å². The second-order valence-corrected chi connectivity index (χ2v) is 8.99. The number of hydrogen-bond donors (Lipinski definition) is 0. The molecule has 0 saturated carbocycles. The summed E-state index contributed by atoms with van der Waals surface area (Å²) in [7, 11) is 0. The zero-order chi connectivity index (χ0) is 16.5. The van der Waals surface area contributed by atoms with Crippen LogP contribution >= 0.6 is 23.1 Å². The van der Waals surface area contributed by atoms with Crippen molar-refractivity contribution in [3.8, 4) is 0 Å². The second kappa shape index (κ2) is 7.00. The molecule has 1 fully saturated rings. The smallest absolute Gasteiger partial charge is 0.232 e. The zero-order valence-corrected chi connectivity index (χ0v) is 15.7. The Morgan fingerprint density at radius 1 is 1.33 bits per heavy atom. The molecule has 1 aliphatic heterocycles. The molecule has 1 aliphatic carbocycles. The fourth-order valence-electron chi connectivity index (χ4n) is 3.72. The van der Waals surface area contributed by atoms with Crippen LogP contribution in [0.2, 0.25) is 0 Å². The maximum Gasteiger partial charge on any atom is 0.232 e. The molecule has 4 rings (SSSR count). The van der Waals surface area contributed by atoms with E-state index in [0.29, 0.717) is 5.75 Å². The minimum Gasteiger partial charge on any atom is -0.342 e. The molecule has 4 nitrogen and oxygen atoms in total. The number of piperidine rings is 1. The van der Waals surface area contributed by atoms with Crippen LogP contribution in [-0.2, 0) is 17.6 Å². The average Bonchev–Trinajstić information content (AvgIpc) is 2.98. The summed E-state index contributed by atoms with van der Waals surface area (Å²) in [5.74, 6) is 1.51. The minimum absolute atomic E-state index is 0.254. The van der Waals surface area contributed by atoms with Gasteiger partial charge in [0.15, 0.2) is 0 Å². The molecule has 0 spiro atoms. The van der Waals surface area contributed by atoms with Crippen molar-refractivity contribution in [1.82, 2.24) is 14.9 Å². The molecule has 2 aromatic rings. The number of nitrogens with zero attached hydrogens (tertiary/aromatic N) is 3. The molecule has 1 amide bonds. The predicted octanol–water partition coefficient (Wildman–Crippen LogP) is 3.92. The van der Waals surface area contributed by atoms with Crippen molar-refractivity contribution in [3.05, 3.63) is 16.8 Å². The Hall–Kier alpha value is -1.14. The molecule has 3 heterocycles. The van der Waals surface area contributed by atoms with E-state index in [-0.39, 0.29) is 5.91 Å². The Balaban J connectivity index is 1.55. The van der Waals surface area contributed by atoms with Crippen molar-refractivity contribution >= 4 is 39.2 Å². The van der Waals surface area contributed by atoms with E-state index in [9.17, 15) is 4.79 Å². The summed E-state index contributed by atoms with van der Waals surface area (Å²) in [6.07, 6.45) is 8.72. The van der Waals surface area contributed by atoms with Gasteiger partial charge in [-0.1, -0.05) is 18.7 Å². The number of aromatic nitrogens is 2. The van der Waals surface area contributed by atoms with E-state index in [4.69, 9.17) is 0 Å².